The maximum atomic E-state index is 8.89. The third kappa shape index (κ3) is 4.75. The van der Waals surface area contributed by atoms with E-state index in [1.165, 1.54) is 0 Å². The number of aromatic nitrogens is 2. The summed E-state index contributed by atoms with van der Waals surface area (Å²) in [6.45, 7) is 3.04. The second kappa shape index (κ2) is 7.29. The lowest BCUT2D eigenvalue weighted by molar-refractivity contribution is 0.229. The third-order valence-corrected chi connectivity index (χ3v) is 2.72. The number of aliphatic hydroxyl groups is 1. The zero-order valence-electron chi connectivity index (χ0n) is 10.2. The van der Waals surface area contributed by atoms with Gasteiger partial charge in [0.15, 0.2) is 0 Å². The Labute approximate surface area is 107 Å². The Morgan fingerprint density at radius 2 is 2.29 bits per heavy atom. The zero-order valence-corrected chi connectivity index (χ0v) is 11.0. The van der Waals surface area contributed by atoms with Gasteiger partial charge in [-0.25, -0.2) is 4.98 Å². The molecule has 17 heavy (non-hydrogen) atoms. The Balaban J connectivity index is 2.40. The fraction of sp³-hybridized carbons (Fsp3) is 0.636. The summed E-state index contributed by atoms with van der Waals surface area (Å²) in [5.41, 5.74) is 0. The smallest absolute Gasteiger partial charge is 0.224 e. The first-order valence-electron chi connectivity index (χ1n) is 5.72. The van der Waals surface area contributed by atoms with Crippen LogP contribution in [0, 0.1) is 5.92 Å². The van der Waals surface area contributed by atoms with Gasteiger partial charge in [-0.3, -0.25) is 0 Å². The number of nitrogens with one attached hydrogen (secondary N) is 2. The molecule has 0 aromatic carbocycles. The molecule has 96 valence electrons. The highest BCUT2D eigenvalue weighted by atomic mass is 35.5. The quantitative estimate of drug-likeness (QED) is 0.653. The fourth-order valence-corrected chi connectivity index (χ4v) is 1.52. The molecule has 0 saturated carbocycles. The van der Waals surface area contributed by atoms with Crippen LogP contribution in [0.15, 0.2) is 6.20 Å². The molecular weight excluding hydrogens is 240 g/mol. The Kier molecular flexibility index (Phi) is 6.00. The maximum absolute atomic E-state index is 8.89. The molecule has 1 heterocycles. The number of nitrogens with zero attached hydrogens (tertiary/aromatic N) is 2. The van der Waals surface area contributed by atoms with Gasteiger partial charge in [-0.15, -0.1) is 0 Å². The van der Waals surface area contributed by atoms with Gasteiger partial charge in [0.1, 0.15) is 10.8 Å². The van der Waals surface area contributed by atoms with Crippen molar-refractivity contribution in [1.29, 1.82) is 0 Å². The largest absolute Gasteiger partial charge is 0.396 e. The molecule has 0 aliphatic heterocycles. The van der Waals surface area contributed by atoms with Gasteiger partial charge in [0.05, 0.1) is 6.20 Å². The minimum absolute atomic E-state index is 0.234. The number of halogens is 1. The number of aliphatic hydroxyl groups excluding tert-OH is 1. The molecule has 0 radical (unpaired) electrons. The first-order chi connectivity index (χ1) is 8.17. The van der Waals surface area contributed by atoms with Gasteiger partial charge in [-0.1, -0.05) is 18.5 Å². The van der Waals surface area contributed by atoms with Crippen LogP contribution in [0.25, 0.3) is 0 Å². The average molecular weight is 259 g/mol. The van der Waals surface area contributed by atoms with Crippen LogP contribution < -0.4 is 10.6 Å². The molecule has 0 aliphatic rings. The summed E-state index contributed by atoms with van der Waals surface area (Å²) in [4.78, 5) is 8.21. The van der Waals surface area contributed by atoms with Gasteiger partial charge in [-0.2, -0.15) is 4.98 Å². The van der Waals surface area contributed by atoms with Crippen molar-refractivity contribution >= 4 is 23.4 Å². The van der Waals surface area contributed by atoms with Crippen LogP contribution >= 0.6 is 11.6 Å². The highest BCUT2D eigenvalue weighted by Crippen LogP contribution is 2.19. The second-order valence-corrected chi connectivity index (χ2v) is 4.40. The van der Waals surface area contributed by atoms with Crippen LogP contribution in [0.2, 0.25) is 5.02 Å². The minimum atomic E-state index is 0.234. The number of hydrogen-bond donors (Lipinski definition) is 3. The number of anilines is 2. The predicted octanol–water partition coefficient (Wildman–Crippen LogP) is 1.99. The van der Waals surface area contributed by atoms with E-state index in [9.17, 15) is 0 Å². The summed E-state index contributed by atoms with van der Waals surface area (Å²) in [5.74, 6) is 1.52. The van der Waals surface area contributed by atoms with Gasteiger partial charge in [0, 0.05) is 20.2 Å². The van der Waals surface area contributed by atoms with E-state index in [-0.39, 0.29) is 6.61 Å². The molecule has 0 spiro atoms. The first-order valence-corrected chi connectivity index (χ1v) is 6.10. The summed E-state index contributed by atoms with van der Waals surface area (Å²) < 4.78 is 0. The molecule has 3 N–H and O–H groups in total. The van der Waals surface area contributed by atoms with Crippen molar-refractivity contribution in [3.8, 4) is 0 Å². The van der Waals surface area contributed by atoms with Gasteiger partial charge < -0.3 is 15.7 Å². The van der Waals surface area contributed by atoms with Crippen LogP contribution in [-0.2, 0) is 0 Å². The van der Waals surface area contributed by atoms with E-state index in [1.807, 2.05) is 6.92 Å². The summed E-state index contributed by atoms with van der Waals surface area (Å²) in [6, 6.07) is 0. The standard InChI is InChI=1S/C11H19ClN4O/c1-8(7-17)4-3-5-14-10-9(12)6-15-11(13-2)16-10/h6,8,17H,3-5,7H2,1-2H3,(H2,13,14,15,16). The summed E-state index contributed by atoms with van der Waals surface area (Å²) in [7, 11) is 1.76. The van der Waals surface area contributed by atoms with Crippen LogP contribution in [0.1, 0.15) is 19.8 Å². The summed E-state index contributed by atoms with van der Waals surface area (Å²) >= 11 is 5.97. The van der Waals surface area contributed by atoms with Gasteiger partial charge in [-0.05, 0) is 18.8 Å². The maximum Gasteiger partial charge on any atom is 0.224 e. The van der Waals surface area contributed by atoms with Crippen molar-refractivity contribution < 1.29 is 5.11 Å². The predicted molar refractivity (Wildman–Crippen MR) is 70.6 cm³/mol. The molecule has 0 amide bonds. The van der Waals surface area contributed by atoms with E-state index >= 15 is 0 Å². The van der Waals surface area contributed by atoms with Crippen LogP contribution in [-0.4, -0.2) is 35.3 Å². The Hall–Kier alpha value is -1.07. The third-order valence-electron chi connectivity index (χ3n) is 2.45. The minimum Gasteiger partial charge on any atom is -0.396 e. The molecule has 0 aliphatic carbocycles. The second-order valence-electron chi connectivity index (χ2n) is 4.00. The molecule has 1 rings (SSSR count). The van der Waals surface area contributed by atoms with Crippen molar-refractivity contribution in [3.63, 3.8) is 0 Å². The molecule has 1 unspecified atom stereocenters. The Morgan fingerprint density at radius 3 is 2.94 bits per heavy atom. The molecule has 0 saturated heterocycles. The lowest BCUT2D eigenvalue weighted by Gasteiger charge is -2.10. The molecule has 0 bridgehead atoms. The fourth-order valence-electron chi connectivity index (χ4n) is 1.36. The Morgan fingerprint density at radius 1 is 1.53 bits per heavy atom. The topological polar surface area (TPSA) is 70.1 Å². The van der Waals surface area contributed by atoms with E-state index < -0.39 is 0 Å². The van der Waals surface area contributed by atoms with E-state index in [0.29, 0.717) is 22.7 Å². The van der Waals surface area contributed by atoms with Gasteiger partial charge >= 0.3 is 0 Å². The van der Waals surface area contributed by atoms with Crippen molar-refractivity contribution in [3.05, 3.63) is 11.2 Å². The van der Waals surface area contributed by atoms with Crippen molar-refractivity contribution in [2.45, 2.75) is 19.8 Å². The average Bonchev–Trinajstić information content (AvgIpc) is 2.36. The van der Waals surface area contributed by atoms with Crippen molar-refractivity contribution in [2.75, 3.05) is 30.8 Å². The first kappa shape index (κ1) is 14.0. The van der Waals surface area contributed by atoms with Crippen LogP contribution in [0.4, 0.5) is 11.8 Å². The molecule has 0 fully saturated rings. The van der Waals surface area contributed by atoms with Crippen molar-refractivity contribution in [2.24, 2.45) is 5.92 Å². The van der Waals surface area contributed by atoms with Gasteiger partial charge in [0.25, 0.3) is 0 Å². The van der Waals surface area contributed by atoms with E-state index in [1.54, 1.807) is 13.2 Å². The summed E-state index contributed by atoms with van der Waals surface area (Å²) in [5, 5.41) is 15.4. The molecular formula is C11H19ClN4O. The SMILES string of the molecule is CNc1ncc(Cl)c(NCCCC(C)CO)n1. The lowest BCUT2D eigenvalue weighted by atomic mass is 10.1. The monoisotopic (exact) mass is 258 g/mol. The highest BCUT2D eigenvalue weighted by molar-refractivity contribution is 6.32. The van der Waals surface area contributed by atoms with Crippen LogP contribution in [0.5, 0.6) is 0 Å². The zero-order chi connectivity index (χ0) is 12.7. The van der Waals surface area contributed by atoms with E-state index in [0.717, 1.165) is 19.4 Å². The number of rotatable bonds is 7. The molecule has 1 aromatic rings. The highest BCUT2D eigenvalue weighted by Gasteiger charge is 2.04. The molecule has 6 heteroatoms. The van der Waals surface area contributed by atoms with Crippen molar-refractivity contribution in [1.82, 2.24) is 9.97 Å². The van der Waals surface area contributed by atoms with Gasteiger partial charge in [0.2, 0.25) is 5.95 Å². The molecule has 5 nitrogen and oxygen atoms in total. The summed E-state index contributed by atoms with van der Waals surface area (Å²) in [6.07, 6.45) is 3.51. The van der Waals surface area contributed by atoms with E-state index in [2.05, 4.69) is 20.6 Å². The molecule has 1 aromatic heterocycles. The van der Waals surface area contributed by atoms with E-state index in [4.69, 9.17) is 16.7 Å². The Bertz CT molecular complexity index is 348. The lowest BCUT2D eigenvalue weighted by Crippen LogP contribution is -2.09. The normalized spacial score (nSPS) is 12.2. The van der Waals surface area contributed by atoms with Crippen LogP contribution in [0.3, 0.4) is 0 Å². The number of hydrogen-bond acceptors (Lipinski definition) is 5. The molecule has 1 atom stereocenters.